The minimum Gasteiger partial charge on any atom is -0.369 e. The zero-order valence-corrected chi connectivity index (χ0v) is 11.7. The van der Waals surface area contributed by atoms with Crippen molar-refractivity contribution in [3.05, 3.63) is 23.8 Å². The zero-order chi connectivity index (χ0) is 15.1. The Bertz CT molecular complexity index is 616. The second-order valence-corrected chi connectivity index (χ2v) is 5.17. The van der Waals surface area contributed by atoms with Gasteiger partial charge in [-0.05, 0) is 31.0 Å². The van der Waals surface area contributed by atoms with E-state index in [1.54, 1.807) is 0 Å². The van der Waals surface area contributed by atoms with Crippen molar-refractivity contribution in [1.29, 1.82) is 0 Å². The van der Waals surface area contributed by atoms with Gasteiger partial charge in [0.1, 0.15) is 0 Å². The molecule has 0 amide bonds. The number of imidazole rings is 1. The lowest BCUT2D eigenvalue weighted by molar-refractivity contribution is -0.137. The minimum absolute atomic E-state index is 0.0849. The fourth-order valence-corrected chi connectivity index (χ4v) is 2.32. The van der Waals surface area contributed by atoms with Crippen molar-refractivity contribution in [3.63, 3.8) is 0 Å². The van der Waals surface area contributed by atoms with Gasteiger partial charge in [0.2, 0.25) is 5.95 Å². The van der Waals surface area contributed by atoms with Gasteiger partial charge in [0.05, 0.1) is 16.6 Å². The third kappa shape index (κ3) is 2.46. The number of hydrogen-bond acceptors (Lipinski definition) is 2. The van der Waals surface area contributed by atoms with Crippen molar-refractivity contribution < 1.29 is 13.2 Å². The van der Waals surface area contributed by atoms with Crippen LogP contribution in [0.5, 0.6) is 0 Å². The number of rotatable bonds is 3. The number of benzene rings is 1. The van der Waals surface area contributed by atoms with Crippen LogP contribution in [-0.2, 0) is 6.18 Å². The van der Waals surface area contributed by atoms with Gasteiger partial charge in [0.15, 0.2) is 0 Å². The van der Waals surface area contributed by atoms with Crippen LogP contribution in [0.1, 0.15) is 38.8 Å². The van der Waals surface area contributed by atoms with E-state index in [1.165, 1.54) is 6.07 Å². The quantitative estimate of drug-likeness (QED) is 0.916. The van der Waals surface area contributed by atoms with Gasteiger partial charge in [-0.2, -0.15) is 13.2 Å². The summed E-state index contributed by atoms with van der Waals surface area (Å²) in [5.74, 6) is 0.615. The van der Waals surface area contributed by atoms with Crippen molar-refractivity contribution in [3.8, 4) is 0 Å². The lowest BCUT2D eigenvalue weighted by atomic mass is 10.0. The Morgan fingerprint density at radius 3 is 2.50 bits per heavy atom. The predicted molar refractivity (Wildman–Crippen MR) is 73.3 cm³/mol. The number of hydrogen-bond donors (Lipinski definition) is 1. The van der Waals surface area contributed by atoms with Crippen LogP contribution in [0.3, 0.4) is 0 Å². The largest absolute Gasteiger partial charge is 0.416 e. The molecular weight excluding hydrogens is 267 g/mol. The highest BCUT2D eigenvalue weighted by Gasteiger charge is 2.31. The molecule has 2 N–H and O–H groups in total. The molecule has 110 valence electrons. The van der Waals surface area contributed by atoms with Crippen molar-refractivity contribution in [2.45, 2.75) is 39.4 Å². The fraction of sp³-hybridized carbons (Fsp3) is 0.500. The monoisotopic (exact) mass is 285 g/mol. The van der Waals surface area contributed by atoms with Crippen LogP contribution < -0.4 is 5.73 Å². The highest BCUT2D eigenvalue weighted by atomic mass is 19.4. The molecule has 0 fully saturated rings. The van der Waals surface area contributed by atoms with E-state index < -0.39 is 11.7 Å². The third-order valence-corrected chi connectivity index (χ3v) is 3.92. The van der Waals surface area contributed by atoms with Gasteiger partial charge in [-0.25, -0.2) is 4.98 Å². The first-order valence-electron chi connectivity index (χ1n) is 6.60. The maximum Gasteiger partial charge on any atom is 0.416 e. The third-order valence-electron chi connectivity index (χ3n) is 3.92. The molecule has 0 spiro atoms. The Morgan fingerprint density at radius 1 is 1.30 bits per heavy atom. The van der Waals surface area contributed by atoms with Crippen LogP contribution in [0, 0.1) is 5.92 Å². The first-order valence-corrected chi connectivity index (χ1v) is 6.60. The molecule has 1 aromatic carbocycles. The second kappa shape index (κ2) is 5.00. The van der Waals surface area contributed by atoms with E-state index in [4.69, 9.17) is 5.73 Å². The van der Waals surface area contributed by atoms with E-state index in [0.717, 1.165) is 18.6 Å². The molecule has 0 radical (unpaired) electrons. The van der Waals surface area contributed by atoms with Gasteiger partial charge in [-0.15, -0.1) is 0 Å². The van der Waals surface area contributed by atoms with Crippen LogP contribution in [0.4, 0.5) is 19.1 Å². The van der Waals surface area contributed by atoms with Crippen LogP contribution in [0.2, 0.25) is 0 Å². The van der Waals surface area contributed by atoms with Gasteiger partial charge in [0, 0.05) is 6.04 Å². The van der Waals surface area contributed by atoms with E-state index in [-0.39, 0.29) is 17.5 Å². The summed E-state index contributed by atoms with van der Waals surface area (Å²) in [6, 6.07) is 3.65. The van der Waals surface area contributed by atoms with E-state index in [1.807, 2.05) is 11.5 Å². The number of nitrogen functional groups attached to an aromatic ring is 1. The molecule has 6 heteroatoms. The lowest BCUT2D eigenvalue weighted by Crippen LogP contribution is -2.15. The average molecular weight is 285 g/mol. The molecule has 1 heterocycles. The summed E-state index contributed by atoms with van der Waals surface area (Å²) in [4.78, 5) is 4.07. The Labute approximate surface area is 115 Å². The van der Waals surface area contributed by atoms with Gasteiger partial charge in [0.25, 0.3) is 0 Å². The van der Waals surface area contributed by atoms with Crippen LogP contribution in [0.15, 0.2) is 18.2 Å². The fourth-order valence-electron chi connectivity index (χ4n) is 2.32. The first kappa shape index (κ1) is 14.7. The number of anilines is 1. The number of fused-ring (bicyclic) bond motifs is 1. The number of nitrogens with two attached hydrogens (primary N) is 1. The van der Waals surface area contributed by atoms with Gasteiger partial charge in [-0.1, -0.05) is 20.3 Å². The molecule has 1 aromatic heterocycles. The summed E-state index contributed by atoms with van der Waals surface area (Å²) in [5, 5.41) is 0. The molecule has 0 saturated carbocycles. The molecule has 20 heavy (non-hydrogen) atoms. The van der Waals surface area contributed by atoms with Crippen LogP contribution in [0.25, 0.3) is 11.0 Å². The Balaban J connectivity index is 2.56. The summed E-state index contributed by atoms with van der Waals surface area (Å²) >= 11 is 0. The standard InChI is InChI=1S/C14H18F3N3/c1-4-8(2)9(3)20-12-6-5-10(14(15,16)17)7-11(12)19-13(20)18/h5-9H,4H2,1-3H3,(H2,18,19). The summed E-state index contributed by atoms with van der Waals surface area (Å²) in [6.07, 6.45) is -3.41. The van der Waals surface area contributed by atoms with E-state index in [0.29, 0.717) is 11.4 Å². The lowest BCUT2D eigenvalue weighted by Gasteiger charge is -2.22. The molecule has 0 aliphatic carbocycles. The van der Waals surface area contributed by atoms with Crippen molar-refractivity contribution in [1.82, 2.24) is 9.55 Å². The molecule has 2 atom stereocenters. The normalized spacial score (nSPS) is 15.5. The smallest absolute Gasteiger partial charge is 0.369 e. The van der Waals surface area contributed by atoms with E-state index in [9.17, 15) is 13.2 Å². The van der Waals surface area contributed by atoms with Crippen LogP contribution >= 0.6 is 0 Å². The molecule has 2 aromatic rings. The molecule has 2 unspecified atom stereocenters. The van der Waals surface area contributed by atoms with Gasteiger partial charge < -0.3 is 10.3 Å². The Morgan fingerprint density at radius 2 is 1.95 bits per heavy atom. The van der Waals surface area contributed by atoms with E-state index in [2.05, 4.69) is 18.8 Å². The van der Waals surface area contributed by atoms with Gasteiger partial charge >= 0.3 is 6.18 Å². The molecule has 0 aliphatic heterocycles. The first-order chi connectivity index (χ1) is 9.25. The molecule has 3 nitrogen and oxygen atoms in total. The van der Waals surface area contributed by atoms with E-state index >= 15 is 0 Å². The number of nitrogens with zero attached hydrogens (tertiary/aromatic N) is 2. The maximum atomic E-state index is 12.7. The number of alkyl halides is 3. The minimum atomic E-state index is -4.37. The summed E-state index contributed by atoms with van der Waals surface area (Å²) in [7, 11) is 0. The SMILES string of the molecule is CCC(C)C(C)n1c(N)nc2cc(C(F)(F)F)ccc21. The topological polar surface area (TPSA) is 43.8 Å². The Kier molecular flexibility index (Phi) is 3.67. The predicted octanol–water partition coefficient (Wildman–Crippen LogP) is 4.24. The molecule has 0 aliphatic rings. The van der Waals surface area contributed by atoms with Gasteiger partial charge in [-0.3, -0.25) is 0 Å². The molecule has 0 saturated heterocycles. The number of halogens is 3. The molecule has 0 bridgehead atoms. The summed E-state index contributed by atoms with van der Waals surface area (Å²) in [6.45, 7) is 6.15. The second-order valence-electron chi connectivity index (χ2n) is 5.17. The average Bonchev–Trinajstić information content (AvgIpc) is 2.70. The molecule has 2 rings (SSSR count). The van der Waals surface area contributed by atoms with Crippen molar-refractivity contribution >= 4 is 17.0 Å². The summed E-state index contributed by atoms with van der Waals surface area (Å²) < 4.78 is 39.9. The highest BCUT2D eigenvalue weighted by Crippen LogP contribution is 2.34. The maximum absolute atomic E-state index is 12.7. The Hall–Kier alpha value is -1.72. The van der Waals surface area contributed by atoms with Crippen molar-refractivity contribution in [2.75, 3.05) is 5.73 Å². The zero-order valence-electron chi connectivity index (χ0n) is 11.7. The highest BCUT2D eigenvalue weighted by molar-refractivity contribution is 5.79. The number of aromatic nitrogens is 2. The summed E-state index contributed by atoms with van der Waals surface area (Å²) in [5.41, 5.74) is 6.10. The molecular formula is C14H18F3N3. The van der Waals surface area contributed by atoms with Crippen molar-refractivity contribution in [2.24, 2.45) is 5.92 Å². The van der Waals surface area contributed by atoms with Crippen LogP contribution in [-0.4, -0.2) is 9.55 Å².